The fourth-order valence-electron chi connectivity index (χ4n) is 3.62. The lowest BCUT2D eigenvalue weighted by atomic mass is 9.87. The third-order valence-corrected chi connectivity index (χ3v) is 5.73. The van der Waals surface area contributed by atoms with Crippen LogP contribution in [0.1, 0.15) is 6.92 Å². The summed E-state index contributed by atoms with van der Waals surface area (Å²) >= 11 is 0. The first-order chi connectivity index (χ1) is 12.9. The molecule has 2 aromatic heterocycles. The van der Waals surface area contributed by atoms with Crippen LogP contribution in [0.25, 0.3) is 21.8 Å². The van der Waals surface area contributed by atoms with Gasteiger partial charge in [0.1, 0.15) is 0 Å². The van der Waals surface area contributed by atoms with Crippen molar-refractivity contribution in [2.75, 3.05) is 5.32 Å². The summed E-state index contributed by atoms with van der Waals surface area (Å²) in [6.07, 6.45) is 7.86. The molecule has 0 saturated heterocycles. The molecule has 1 aliphatic heterocycles. The fraction of sp³-hybridized carbons (Fsp3) is 0.105. The molecule has 3 aromatic rings. The zero-order valence-electron chi connectivity index (χ0n) is 14.2. The minimum Gasteiger partial charge on any atom is -0.369 e. The molecule has 8 heteroatoms. The Balaban J connectivity index is 1.86. The molecule has 1 unspecified atom stereocenters. The lowest BCUT2D eigenvalue weighted by Crippen LogP contribution is -2.44. The molecule has 7 nitrogen and oxygen atoms in total. The standard InChI is InChI=1S/C19H14N4O3S/c1-19-10-11(27(24,25)26)6-7-14(19)22-17-12-4-2-8-20-15(12)16-13(18(17)23-19)5-3-9-21-16/h2-10,23H,1H3,(H,24,25,26). The van der Waals surface area contributed by atoms with Gasteiger partial charge in [-0.1, -0.05) is 0 Å². The second-order valence-corrected chi connectivity index (χ2v) is 8.12. The topological polar surface area (TPSA) is 105 Å². The molecule has 0 radical (unpaired) electrons. The molecule has 5 rings (SSSR count). The van der Waals surface area contributed by atoms with E-state index in [1.165, 1.54) is 12.2 Å². The average Bonchev–Trinajstić information content (AvgIpc) is 2.65. The highest BCUT2D eigenvalue weighted by molar-refractivity contribution is 7.90. The van der Waals surface area contributed by atoms with Crippen molar-refractivity contribution < 1.29 is 13.0 Å². The number of allylic oxidation sites excluding steroid dienone is 1. The Hall–Kier alpha value is -3.10. The van der Waals surface area contributed by atoms with Crippen LogP contribution in [0.5, 0.6) is 0 Å². The summed E-state index contributed by atoms with van der Waals surface area (Å²) in [6.45, 7) is 1.82. The van der Waals surface area contributed by atoms with E-state index < -0.39 is 15.7 Å². The quantitative estimate of drug-likeness (QED) is 0.497. The van der Waals surface area contributed by atoms with Gasteiger partial charge < -0.3 is 5.32 Å². The lowest BCUT2D eigenvalue weighted by molar-refractivity contribution is 0.491. The first kappa shape index (κ1) is 16.1. The normalized spacial score (nSPS) is 21.3. The number of aliphatic imine (C=N–C) groups is 1. The Morgan fingerprint density at radius 1 is 1.04 bits per heavy atom. The number of rotatable bonds is 1. The summed E-state index contributed by atoms with van der Waals surface area (Å²) in [7, 11) is -4.31. The van der Waals surface area contributed by atoms with E-state index in [2.05, 4.69) is 15.3 Å². The zero-order chi connectivity index (χ0) is 18.8. The highest BCUT2D eigenvalue weighted by atomic mass is 32.2. The molecule has 0 bridgehead atoms. The Bertz CT molecular complexity index is 1340. The van der Waals surface area contributed by atoms with Crippen molar-refractivity contribution in [3.63, 3.8) is 0 Å². The molecule has 27 heavy (non-hydrogen) atoms. The molecule has 0 spiro atoms. The van der Waals surface area contributed by atoms with Crippen molar-refractivity contribution in [2.24, 2.45) is 4.99 Å². The molecule has 1 aromatic carbocycles. The second-order valence-electron chi connectivity index (χ2n) is 6.70. The van der Waals surface area contributed by atoms with Gasteiger partial charge in [0.25, 0.3) is 10.1 Å². The van der Waals surface area contributed by atoms with E-state index in [4.69, 9.17) is 4.99 Å². The molecule has 3 heterocycles. The van der Waals surface area contributed by atoms with Gasteiger partial charge in [0, 0.05) is 23.2 Å². The summed E-state index contributed by atoms with van der Waals surface area (Å²) < 4.78 is 32.6. The van der Waals surface area contributed by atoms with Gasteiger partial charge in [-0.25, -0.2) is 4.99 Å². The Morgan fingerprint density at radius 2 is 1.70 bits per heavy atom. The van der Waals surface area contributed by atoms with Crippen LogP contribution < -0.4 is 5.32 Å². The third-order valence-electron chi connectivity index (χ3n) is 4.88. The summed E-state index contributed by atoms with van der Waals surface area (Å²) in [6, 6.07) is 7.55. The van der Waals surface area contributed by atoms with Crippen molar-refractivity contribution in [3.05, 3.63) is 59.8 Å². The molecule has 0 amide bonds. The predicted molar refractivity (Wildman–Crippen MR) is 105 cm³/mol. The average molecular weight is 378 g/mol. The van der Waals surface area contributed by atoms with Crippen molar-refractivity contribution in [2.45, 2.75) is 12.5 Å². The van der Waals surface area contributed by atoms with Gasteiger partial charge in [-0.05, 0) is 49.4 Å². The van der Waals surface area contributed by atoms with Crippen LogP contribution in [0.15, 0.2) is 64.8 Å². The fourth-order valence-corrected chi connectivity index (χ4v) is 4.25. The Kier molecular flexibility index (Phi) is 3.11. The molecule has 0 saturated carbocycles. The third kappa shape index (κ3) is 2.30. The van der Waals surface area contributed by atoms with E-state index in [0.29, 0.717) is 5.71 Å². The van der Waals surface area contributed by atoms with Crippen LogP contribution in [-0.4, -0.2) is 34.2 Å². The van der Waals surface area contributed by atoms with E-state index in [0.717, 1.165) is 33.2 Å². The molecule has 0 fully saturated rings. The molecule has 2 aliphatic rings. The van der Waals surface area contributed by atoms with Crippen molar-refractivity contribution in [1.29, 1.82) is 0 Å². The number of pyridine rings is 2. The van der Waals surface area contributed by atoms with Crippen LogP contribution in [-0.2, 0) is 10.1 Å². The summed E-state index contributed by atoms with van der Waals surface area (Å²) in [5.74, 6) is 0. The van der Waals surface area contributed by atoms with Crippen LogP contribution in [0.4, 0.5) is 11.4 Å². The highest BCUT2D eigenvalue weighted by Gasteiger charge is 2.37. The van der Waals surface area contributed by atoms with Gasteiger partial charge in [0.2, 0.25) is 0 Å². The second kappa shape index (κ2) is 5.21. The van der Waals surface area contributed by atoms with Crippen molar-refractivity contribution >= 4 is 49.0 Å². The molecular formula is C19H14N4O3S. The summed E-state index contributed by atoms with van der Waals surface area (Å²) in [5.41, 5.74) is 2.76. The van der Waals surface area contributed by atoms with E-state index in [9.17, 15) is 13.0 Å². The minimum atomic E-state index is -4.31. The van der Waals surface area contributed by atoms with Gasteiger partial charge in [-0.3, -0.25) is 14.5 Å². The number of nitrogens with one attached hydrogen (secondary N) is 1. The molecule has 134 valence electrons. The predicted octanol–water partition coefficient (Wildman–Crippen LogP) is 3.38. The number of fused-ring (bicyclic) bond motifs is 7. The summed E-state index contributed by atoms with van der Waals surface area (Å²) in [5, 5.41) is 5.12. The van der Waals surface area contributed by atoms with Gasteiger partial charge in [0.05, 0.1) is 38.6 Å². The molecular weight excluding hydrogens is 364 g/mol. The maximum absolute atomic E-state index is 11.6. The number of aromatic nitrogens is 2. The number of hydrogen-bond acceptors (Lipinski definition) is 6. The van der Waals surface area contributed by atoms with E-state index in [1.807, 2.05) is 31.2 Å². The maximum Gasteiger partial charge on any atom is 0.294 e. The van der Waals surface area contributed by atoms with E-state index >= 15 is 0 Å². The van der Waals surface area contributed by atoms with E-state index in [1.54, 1.807) is 18.5 Å². The van der Waals surface area contributed by atoms with Gasteiger partial charge in [0.15, 0.2) is 0 Å². The Labute approximate surface area is 154 Å². The van der Waals surface area contributed by atoms with E-state index in [-0.39, 0.29) is 4.91 Å². The highest BCUT2D eigenvalue weighted by Crippen LogP contribution is 2.45. The molecule has 1 aliphatic carbocycles. The maximum atomic E-state index is 11.6. The molecule has 1 atom stereocenters. The van der Waals surface area contributed by atoms with Crippen LogP contribution >= 0.6 is 0 Å². The first-order valence-corrected chi connectivity index (χ1v) is 9.72. The minimum absolute atomic E-state index is 0.162. The SMILES string of the molecule is CC12C=C(S(=O)(=O)O)C=CC1=Nc1c(c3cccnc3c3ncccc13)N2. The first-order valence-electron chi connectivity index (χ1n) is 8.28. The monoisotopic (exact) mass is 378 g/mol. The van der Waals surface area contributed by atoms with Gasteiger partial charge in [-0.2, -0.15) is 8.42 Å². The lowest BCUT2D eigenvalue weighted by Gasteiger charge is -2.36. The van der Waals surface area contributed by atoms with Gasteiger partial charge in [-0.15, -0.1) is 0 Å². The smallest absolute Gasteiger partial charge is 0.294 e. The van der Waals surface area contributed by atoms with Crippen LogP contribution in [0, 0.1) is 0 Å². The Morgan fingerprint density at radius 3 is 2.41 bits per heavy atom. The number of anilines is 1. The van der Waals surface area contributed by atoms with Gasteiger partial charge >= 0.3 is 0 Å². The number of benzene rings is 1. The zero-order valence-corrected chi connectivity index (χ0v) is 15.0. The number of hydrogen-bond donors (Lipinski definition) is 2. The largest absolute Gasteiger partial charge is 0.369 e. The van der Waals surface area contributed by atoms with Crippen LogP contribution in [0.3, 0.4) is 0 Å². The summed E-state index contributed by atoms with van der Waals surface area (Å²) in [4.78, 5) is 13.6. The van der Waals surface area contributed by atoms with Crippen LogP contribution in [0.2, 0.25) is 0 Å². The van der Waals surface area contributed by atoms with Crippen molar-refractivity contribution in [1.82, 2.24) is 9.97 Å². The molecule has 2 N–H and O–H groups in total. The number of nitrogens with zero attached hydrogens (tertiary/aromatic N) is 3. The van der Waals surface area contributed by atoms with Crippen molar-refractivity contribution in [3.8, 4) is 0 Å².